The van der Waals surface area contributed by atoms with E-state index in [1.807, 2.05) is 6.92 Å². The Labute approximate surface area is 104 Å². The van der Waals surface area contributed by atoms with Gasteiger partial charge in [-0.15, -0.1) is 0 Å². The first-order valence-electron chi connectivity index (χ1n) is 6.00. The Balaban J connectivity index is 3.15. The van der Waals surface area contributed by atoms with Crippen LogP contribution in [0.5, 0.6) is 0 Å². The van der Waals surface area contributed by atoms with Gasteiger partial charge in [0.25, 0.3) is 0 Å². The maximum Gasteiger partial charge on any atom is 0.0601 e. The van der Waals surface area contributed by atoms with E-state index >= 15 is 0 Å². The summed E-state index contributed by atoms with van der Waals surface area (Å²) in [4.78, 5) is 0. The van der Waals surface area contributed by atoms with Gasteiger partial charge in [0.05, 0.1) is 6.61 Å². The third-order valence-corrected chi connectivity index (χ3v) is 3.18. The van der Waals surface area contributed by atoms with Crippen molar-refractivity contribution in [3.63, 3.8) is 0 Å². The molecule has 0 saturated carbocycles. The normalized spacial score (nSPS) is 15.7. The molecule has 0 aliphatic rings. The Morgan fingerprint density at radius 1 is 1.24 bits per heavy atom. The summed E-state index contributed by atoms with van der Waals surface area (Å²) in [5, 5.41) is 9.08. The number of aliphatic hydroxyl groups is 1. The van der Waals surface area contributed by atoms with Crippen molar-refractivity contribution < 1.29 is 5.11 Å². The van der Waals surface area contributed by atoms with Crippen molar-refractivity contribution in [3.8, 4) is 0 Å². The van der Waals surface area contributed by atoms with E-state index in [1.54, 1.807) is 0 Å². The lowest BCUT2D eigenvalue weighted by Gasteiger charge is -2.25. The third kappa shape index (κ3) is 3.28. The number of benzene rings is 1. The highest BCUT2D eigenvalue weighted by atomic mass is 16.3. The van der Waals surface area contributed by atoms with Crippen LogP contribution in [0.15, 0.2) is 18.2 Å². The predicted molar refractivity (Wildman–Crippen MR) is 71.9 cm³/mol. The maximum atomic E-state index is 9.08. The summed E-state index contributed by atoms with van der Waals surface area (Å²) in [5.41, 5.74) is 15.3. The van der Waals surface area contributed by atoms with E-state index in [1.165, 1.54) is 5.56 Å². The van der Waals surface area contributed by atoms with Crippen LogP contribution in [0.25, 0.3) is 0 Å². The van der Waals surface area contributed by atoms with Crippen molar-refractivity contribution in [1.82, 2.24) is 0 Å². The molecule has 0 radical (unpaired) electrons. The number of hydrogen-bond acceptors (Lipinski definition) is 3. The molecule has 0 spiro atoms. The molecule has 2 unspecified atom stereocenters. The fraction of sp³-hybridized carbons (Fsp3) is 0.571. The SMILES string of the molecule is Cc1ccc(C(C)(C)C)cc1C(N)C(N)CO. The number of nitrogens with two attached hydrogens (primary N) is 2. The summed E-state index contributed by atoms with van der Waals surface area (Å²) >= 11 is 0. The second-order valence-corrected chi connectivity index (χ2v) is 5.69. The van der Waals surface area contributed by atoms with Crippen LogP contribution < -0.4 is 11.5 Å². The standard InChI is InChI=1S/C14H24N2O/c1-9-5-6-10(14(2,3)4)7-11(9)13(16)12(15)8-17/h5-7,12-13,17H,8,15-16H2,1-4H3. The minimum Gasteiger partial charge on any atom is -0.395 e. The van der Waals surface area contributed by atoms with Gasteiger partial charge < -0.3 is 16.6 Å². The molecule has 3 heteroatoms. The molecule has 96 valence electrons. The zero-order valence-electron chi connectivity index (χ0n) is 11.2. The van der Waals surface area contributed by atoms with Crippen molar-refractivity contribution in [1.29, 1.82) is 0 Å². The zero-order chi connectivity index (χ0) is 13.2. The van der Waals surface area contributed by atoms with Crippen molar-refractivity contribution >= 4 is 0 Å². The fourth-order valence-electron chi connectivity index (χ4n) is 1.81. The van der Waals surface area contributed by atoms with Gasteiger partial charge in [-0.1, -0.05) is 39.0 Å². The highest BCUT2D eigenvalue weighted by Gasteiger charge is 2.20. The van der Waals surface area contributed by atoms with Crippen molar-refractivity contribution in [2.24, 2.45) is 11.5 Å². The van der Waals surface area contributed by atoms with E-state index in [-0.39, 0.29) is 18.1 Å². The summed E-state index contributed by atoms with van der Waals surface area (Å²) in [6.45, 7) is 8.42. The molecule has 0 bridgehead atoms. The van der Waals surface area contributed by atoms with Crippen molar-refractivity contribution in [3.05, 3.63) is 34.9 Å². The monoisotopic (exact) mass is 236 g/mol. The molecule has 0 heterocycles. The Bertz CT molecular complexity index is 382. The molecule has 0 aliphatic carbocycles. The van der Waals surface area contributed by atoms with Crippen LogP contribution in [0.4, 0.5) is 0 Å². The van der Waals surface area contributed by atoms with E-state index in [0.29, 0.717) is 0 Å². The minimum atomic E-state index is -0.413. The number of rotatable bonds is 3. The molecule has 1 aromatic carbocycles. The van der Waals surface area contributed by atoms with Gasteiger partial charge in [0, 0.05) is 12.1 Å². The molecule has 2 atom stereocenters. The summed E-state index contributed by atoms with van der Waals surface area (Å²) in [5.74, 6) is 0. The second kappa shape index (κ2) is 5.17. The predicted octanol–water partition coefficient (Wildman–Crippen LogP) is 1.61. The lowest BCUT2D eigenvalue weighted by atomic mass is 9.83. The molecular formula is C14H24N2O. The van der Waals surface area contributed by atoms with Crippen LogP contribution >= 0.6 is 0 Å². The molecule has 17 heavy (non-hydrogen) atoms. The molecule has 0 aliphatic heterocycles. The zero-order valence-corrected chi connectivity index (χ0v) is 11.2. The maximum absolute atomic E-state index is 9.08. The highest BCUT2D eigenvalue weighted by Crippen LogP contribution is 2.27. The number of aryl methyl sites for hydroxylation is 1. The van der Waals surface area contributed by atoms with Gasteiger partial charge in [-0.3, -0.25) is 0 Å². The highest BCUT2D eigenvalue weighted by molar-refractivity contribution is 5.37. The van der Waals surface area contributed by atoms with E-state index in [4.69, 9.17) is 16.6 Å². The van der Waals surface area contributed by atoms with Crippen LogP contribution in [-0.2, 0) is 5.41 Å². The van der Waals surface area contributed by atoms with Crippen LogP contribution in [0.1, 0.15) is 43.5 Å². The molecule has 1 aromatic rings. The van der Waals surface area contributed by atoms with Gasteiger partial charge >= 0.3 is 0 Å². The molecular weight excluding hydrogens is 212 g/mol. The van der Waals surface area contributed by atoms with E-state index in [0.717, 1.165) is 11.1 Å². The van der Waals surface area contributed by atoms with Gasteiger partial charge in [-0.25, -0.2) is 0 Å². The molecule has 0 amide bonds. The lowest BCUT2D eigenvalue weighted by molar-refractivity contribution is 0.249. The van der Waals surface area contributed by atoms with Gasteiger partial charge in [-0.05, 0) is 29.0 Å². The van der Waals surface area contributed by atoms with Crippen molar-refractivity contribution in [2.75, 3.05) is 6.61 Å². The minimum absolute atomic E-state index is 0.0888. The third-order valence-electron chi connectivity index (χ3n) is 3.18. The van der Waals surface area contributed by atoms with Gasteiger partial charge in [0.2, 0.25) is 0 Å². The van der Waals surface area contributed by atoms with Crippen LogP contribution in [0.2, 0.25) is 0 Å². The van der Waals surface area contributed by atoms with Crippen molar-refractivity contribution in [2.45, 2.75) is 45.2 Å². The second-order valence-electron chi connectivity index (χ2n) is 5.69. The first-order valence-corrected chi connectivity index (χ1v) is 6.00. The molecule has 1 rings (SSSR count). The average molecular weight is 236 g/mol. The summed E-state index contributed by atoms with van der Waals surface area (Å²) < 4.78 is 0. The first kappa shape index (κ1) is 14.2. The van der Waals surface area contributed by atoms with Gasteiger partial charge in [-0.2, -0.15) is 0 Å². The largest absolute Gasteiger partial charge is 0.395 e. The van der Waals surface area contributed by atoms with E-state index in [9.17, 15) is 0 Å². The van der Waals surface area contributed by atoms with E-state index < -0.39 is 6.04 Å². The van der Waals surface area contributed by atoms with Gasteiger partial charge in [0.1, 0.15) is 0 Å². The molecule has 0 saturated heterocycles. The topological polar surface area (TPSA) is 72.3 Å². The molecule has 0 fully saturated rings. The average Bonchev–Trinajstić information content (AvgIpc) is 2.26. The fourth-order valence-corrected chi connectivity index (χ4v) is 1.81. The summed E-state index contributed by atoms with van der Waals surface area (Å²) in [6, 6.07) is 5.57. The molecule has 5 N–H and O–H groups in total. The molecule has 3 nitrogen and oxygen atoms in total. The summed E-state index contributed by atoms with van der Waals surface area (Å²) in [7, 11) is 0. The van der Waals surface area contributed by atoms with Crippen LogP contribution in [0, 0.1) is 6.92 Å². The Morgan fingerprint density at radius 2 is 1.82 bits per heavy atom. The quantitative estimate of drug-likeness (QED) is 0.746. The smallest absolute Gasteiger partial charge is 0.0601 e. The van der Waals surface area contributed by atoms with Crippen LogP contribution in [-0.4, -0.2) is 17.8 Å². The summed E-state index contributed by atoms with van der Waals surface area (Å²) in [6.07, 6.45) is 0. The Hall–Kier alpha value is -0.900. The Morgan fingerprint density at radius 3 is 2.29 bits per heavy atom. The van der Waals surface area contributed by atoms with Gasteiger partial charge in [0.15, 0.2) is 0 Å². The van der Waals surface area contributed by atoms with Crippen LogP contribution in [0.3, 0.4) is 0 Å². The number of hydrogen-bond donors (Lipinski definition) is 3. The number of aliphatic hydroxyl groups excluding tert-OH is 1. The first-order chi connectivity index (χ1) is 7.77. The molecule has 0 aromatic heterocycles. The Kier molecular flexibility index (Phi) is 4.31. The lowest BCUT2D eigenvalue weighted by Crippen LogP contribution is -2.37. The van der Waals surface area contributed by atoms with E-state index in [2.05, 4.69) is 39.0 Å².